The number of carbonyl (C=O) groups is 1. The molecule has 0 unspecified atom stereocenters. The van der Waals surface area contributed by atoms with Gasteiger partial charge in [0.1, 0.15) is 16.9 Å². The molecule has 2 saturated heterocycles. The average molecular weight is 357 g/mol. The van der Waals surface area contributed by atoms with Gasteiger partial charge in [-0.15, -0.1) is 0 Å². The van der Waals surface area contributed by atoms with E-state index in [-0.39, 0.29) is 17.0 Å². The Hall–Kier alpha value is -1.59. The van der Waals surface area contributed by atoms with Crippen LogP contribution in [0.4, 0.5) is 0 Å². The van der Waals surface area contributed by atoms with Crippen LogP contribution in [-0.2, 0) is 17.8 Å². The van der Waals surface area contributed by atoms with E-state index in [1.165, 1.54) is 11.1 Å². The van der Waals surface area contributed by atoms with Crippen LogP contribution < -0.4 is 10.1 Å². The van der Waals surface area contributed by atoms with Gasteiger partial charge in [0.2, 0.25) is 5.91 Å². The highest BCUT2D eigenvalue weighted by atomic mass is 16.5. The van der Waals surface area contributed by atoms with Gasteiger partial charge in [-0.25, -0.2) is 0 Å². The molecule has 5 heteroatoms. The lowest BCUT2D eigenvalue weighted by Gasteiger charge is -2.45. The van der Waals surface area contributed by atoms with Gasteiger partial charge < -0.3 is 10.1 Å². The van der Waals surface area contributed by atoms with Crippen molar-refractivity contribution in [3.63, 3.8) is 0 Å². The number of likely N-dealkylation sites (tertiary alicyclic amines) is 1. The highest BCUT2D eigenvalue weighted by molar-refractivity contribution is 5.86. The van der Waals surface area contributed by atoms with Gasteiger partial charge in [-0.2, -0.15) is 0 Å². The number of carbonyl (C=O) groups excluding carboxylic acids is 1. The number of rotatable bonds is 2. The summed E-state index contributed by atoms with van der Waals surface area (Å²) in [4.78, 5) is 17.4. The number of benzene rings is 1. The van der Waals surface area contributed by atoms with Crippen LogP contribution in [0.25, 0.3) is 0 Å². The summed E-state index contributed by atoms with van der Waals surface area (Å²) >= 11 is 0. The Balaban J connectivity index is 1.41. The van der Waals surface area contributed by atoms with Crippen LogP contribution >= 0.6 is 0 Å². The molecule has 2 fully saturated rings. The van der Waals surface area contributed by atoms with Gasteiger partial charge in [0.25, 0.3) is 0 Å². The molecule has 0 saturated carbocycles. The lowest BCUT2D eigenvalue weighted by molar-refractivity contribution is -0.134. The first kappa shape index (κ1) is 17.8. The molecule has 0 bridgehead atoms. The number of likely N-dealkylation sites (N-methyl/N-ethyl adjacent to an activating group) is 1. The average Bonchev–Trinajstić information content (AvgIpc) is 2.85. The molecule has 142 valence electrons. The molecular formula is C21H31N3O2. The van der Waals surface area contributed by atoms with Crippen molar-refractivity contribution in [3.05, 3.63) is 29.3 Å². The second kappa shape index (κ2) is 6.54. The largest absolute Gasteiger partial charge is 0.487 e. The van der Waals surface area contributed by atoms with Crippen molar-refractivity contribution in [2.75, 3.05) is 33.2 Å². The topological polar surface area (TPSA) is 44.8 Å². The van der Waals surface area contributed by atoms with Crippen LogP contribution in [0, 0.1) is 0 Å². The number of fused-ring (bicyclic) bond motifs is 1. The molecule has 1 N–H and O–H groups in total. The van der Waals surface area contributed by atoms with E-state index in [9.17, 15) is 4.79 Å². The molecule has 1 aromatic carbocycles. The summed E-state index contributed by atoms with van der Waals surface area (Å²) < 4.78 is 5.99. The molecule has 5 nitrogen and oxygen atoms in total. The van der Waals surface area contributed by atoms with Gasteiger partial charge in [-0.1, -0.05) is 12.1 Å². The van der Waals surface area contributed by atoms with E-state index in [1.807, 2.05) is 0 Å². The minimum absolute atomic E-state index is 0.0874. The van der Waals surface area contributed by atoms with E-state index >= 15 is 0 Å². The smallest absolute Gasteiger partial charge is 0.240 e. The first-order valence-corrected chi connectivity index (χ1v) is 9.91. The summed E-state index contributed by atoms with van der Waals surface area (Å²) in [7, 11) is 2.11. The third-order valence-electron chi connectivity index (χ3n) is 6.33. The zero-order valence-corrected chi connectivity index (χ0v) is 16.3. The molecule has 26 heavy (non-hydrogen) atoms. The fourth-order valence-corrected chi connectivity index (χ4v) is 4.78. The Labute approximate surface area is 156 Å². The number of ether oxygens (including phenoxy) is 1. The predicted octanol–water partition coefficient (Wildman–Crippen LogP) is 2.19. The minimum Gasteiger partial charge on any atom is -0.487 e. The zero-order chi connectivity index (χ0) is 18.4. The third kappa shape index (κ3) is 3.23. The normalized spacial score (nSPS) is 25.4. The van der Waals surface area contributed by atoms with Gasteiger partial charge in [0.15, 0.2) is 0 Å². The van der Waals surface area contributed by atoms with E-state index < -0.39 is 0 Å². The number of hydrogen-bond acceptors (Lipinski definition) is 4. The third-order valence-corrected chi connectivity index (χ3v) is 6.33. The molecule has 3 aliphatic rings. The zero-order valence-electron chi connectivity index (χ0n) is 16.3. The van der Waals surface area contributed by atoms with Crippen LogP contribution in [0.2, 0.25) is 0 Å². The summed E-state index contributed by atoms with van der Waals surface area (Å²) in [6.45, 7) is 8.99. The fraction of sp³-hybridized carbons (Fsp3) is 0.667. The Bertz CT molecular complexity index is 692. The van der Waals surface area contributed by atoms with Crippen molar-refractivity contribution in [2.45, 2.75) is 57.2 Å². The quantitative estimate of drug-likeness (QED) is 0.881. The summed E-state index contributed by atoms with van der Waals surface area (Å²) in [5, 5.41) is 3.12. The van der Waals surface area contributed by atoms with Crippen molar-refractivity contribution >= 4 is 5.91 Å². The lowest BCUT2D eigenvalue weighted by atomic mass is 9.85. The van der Waals surface area contributed by atoms with Gasteiger partial charge >= 0.3 is 0 Å². The molecule has 0 radical (unpaired) electrons. The van der Waals surface area contributed by atoms with Crippen molar-refractivity contribution < 1.29 is 9.53 Å². The fourth-order valence-electron chi connectivity index (χ4n) is 4.78. The number of nitrogens with one attached hydrogen (secondary N) is 1. The maximum atomic E-state index is 12.7. The van der Waals surface area contributed by atoms with Crippen molar-refractivity contribution in [1.29, 1.82) is 0 Å². The first-order chi connectivity index (χ1) is 12.4. The van der Waals surface area contributed by atoms with Crippen LogP contribution in [0.1, 0.15) is 44.2 Å². The summed E-state index contributed by atoms with van der Waals surface area (Å²) in [6, 6.07) is 6.62. The van der Waals surface area contributed by atoms with Gasteiger partial charge in [0.05, 0.1) is 0 Å². The molecule has 4 rings (SSSR count). The van der Waals surface area contributed by atoms with Crippen LogP contribution in [0.3, 0.4) is 0 Å². The molecule has 1 spiro atoms. The molecular weight excluding hydrogens is 326 g/mol. The number of piperidine rings is 1. The Morgan fingerprint density at radius 2 is 1.96 bits per heavy atom. The predicted molar refractivity (Wildman–Crippen MR) is 102 cm³/mol. The van der Waals surface area contributed by atoms with Crippen molar-refractivity contribution in [3.8, 4) is 5.75 Å². The van der Waals surface area contributed by atoms with E-state index in [0.29, 0.717) is 0 Å². The second-order valence-electron chi connectivity index (χ2n) is 8.82. The monoisotopic (exact) mass is 357 g/mol. The minimum atomic E-state index is -0.303. The Morgan fingerprint density at radius 1 is 1.19 bits per heavy atom. The highest BCUT2D eigenvalue weighted by Gasteiger charge is 2.45. The number of nitrogens with zero attached hydrogens (tertiary/aromatic N) is 2. The molecule has 0 aliphatic carbocycles. The summed E-state index contributed by atoms with van der Waals surface area (Å²) in [6.07, 6.45) is 3.85. The van der Waals surface area contributed by atoms with E-state index in [4.69, 9.17) is 4.74 Å². The van der Waals surface area contributed by atoms with Crippen molar-refractivity contribution in [1.82, 2.24) is 15.1 Å². The summed E-state index contributed by atoms with van der Waals surface area (Å²) in [5.41, 5.74) is 2.28. The van der Waals surface area contributed by atoms with E-state index in [1.54, 1.807) is 0 Å². The number of amides is 1. The van der Waals surface area contributed by atoms with Crippen molar-refractivity contribution in [2.24, 2.45) is 0 Å². The standard InChI is InChI=1S/C21H31N3O2/c1-20(2)14-17-13-16(5-6-18(17)26-20)15-24-11-7-21(8-12-24)19(25)22-9-4-10-23(21)3/h5-6,13H,4,7-12,14-15H2,1-3H3,(H,22,25). The first-order valence-electron chi connectivity index (χ1n) is 9.91. The van der Waals surface area contributed by atoms with Gasteiger partial charge in [-0.05, 0) is 57.4 Å². The molecule has 3 aliphatic heterocycles. The van der Waals surface area contributed by atoms with Crippen LogP contribution in [-0.4, -0.2) is 60.1 Å². The molecule has 0 aromatic heterocycles. The Morgan fingerprint density at radius 3 is 2.73 bits per heavy atom. The summed E-state index contributed by atoms with van der Waals surface area (Å²) in [5.74, 6) is 1.27. The van der Waals surface area contributed by atoms with E-state index in [0.717, 1.165) is 64.2 Å². The van der Waals surface area contributed by atoms with Gasteiger partial charge in [0, 0.05) is 39.1 Å². The SMILES string of the molecule is CN1CCCNC(=O)C12CCN(Cc1ccc3c(c1)CC(C)(C)O3)CC2. The van der Waals surface area contributed by atoms with Crippen LogP contribution in [0.15, 0.2) is 18.2 Å². The highest BCUT2D eigenvalue weighted by Crippen LogP contribution is 2.36. The molecule has 1 aromatic rings. The second-order valence-corrected chi connectivity index (χ2v) is 8.82. The molecule has 3 heterocycles. The van der Waals surface area contributed by atoms with Crippen LogP contribution in [0.5, 0.6) is 5.75 Å². The Kier molecular flexibility index (Phi) is 4.48. The number of hydrogen-bond donors (Lipinski definition) is 1. The molecule has 1 amide bonds. The van der Waals surface area contributed by atoms with E-state index in [2.05, 4.69) is 54.2 Å². The van der Waals surface area contributed by atoms with Gasteiger partial charge in [-0.3, -0.25) is 14.6 Å². The molecule has 0 atom stereocenters. The maximum Gasteiger partial charge on any atom is 0.240 e. The lowest BCUT2D eigenvalue weighted by Crippen LogP contribution is -2.60. The maximum absolute atomic E-state index is 12.7.